The summed E-state index contributed by atoms with van der Waals surface area (Å²) < 4.78 is 16.6. The minimum atomic E-state index is -0.411. The van der Waals surface area contributed by atoms with Gasteiger partial charge in [0.25, 0.3) is 0 Å². The summed E-state index contributed by atoms with van der Waals surface area (Å²) in [5.41, 5.74) is 1.36. The lowest BCUT2D eigenvalue weighted by Gasteiger charge is -2.14. The lowest BCUT2D eigenvalue weighted by molar-refractivity contribution is -0.134. The first kappa shape index (κ1) is 30.6. The van der Waals surface area contributed by atoms with E-state index in [1.54, 1.807) is 93.6 Å². The summed E-state index contributed by atoms with van der Waals surface area (Å²) >= 11 is 0. The summed E-state index contributed by atoms with van der Waals surface area (Å²) in [6.45, 7) is 9.10. The van der Waals surface area contributed by atoms with E-state index in [1.165, 1.54) is 0 Å². The molecule has 0 saturated carbocycles. The van der Waals surface area contributed by atoms with E-state index < -0.39 is 17.9 Å². The van der Waals surface area contributed by atoms with E-state index in [9.17, 15) is 14.4 Å². The van der Waals surface area contributed by atoms with Crippen molar-refractivity contribution in [2.24, 2.45) is 0 Å². The molecule has 0 fully saturated rings. The van der Waals surface area contributed by atoms with Gasteiger partial charge in [-0.3, -0.25) is 14.4 Å². The highest BCUT2D eigenvalue weighted by molar-refractivity contribution is 5.80. The van der Waals surface area contributed by atoms with Gasteiger partial charge in [-0.2, -0.15) is 0 Å². The Morgan fingerprint density at radius 2 is 0.732 bits per heavy atom. The molecular formula is C32H33N3O6. The standard InChI is InChI=1S/C30H27N3O6.C2H6/c1-4-25(34)37-22-16-10-7-13-19(22)28-31-29(20-14-8-11-17-23(20)38-26(35)5-2)33-30(32-28)21-15-9-12-18-24(21)39-27(36)6-3;1-2/h7-18H,4-6H2,1-3H3;1-2H3. The average molecular weight is 556 g/mol. The molecule has 0 saturated heterocycles. The van der Waals surface area contributed by atoms with E-state index in [4.69, 9.17) is 14.2 Å². The number of ether oxygens (including phenoxy) is 3. The summed E-state index contributed by atoms with van der Waals surface area (Å²) in [7, 11) is 0. The number of para-hydroxylation sites is 3. The quantitative estimate of drug-likeness (QED) is 0.161. The van der Waals surface area contributed by atoms with E-state index >= 15 is 0 Å². The van der Waals surface area contributed by atoms with Gasteiger partial charge in [-0.05, 0) is 36.4 Å². The van der Waals surface area contributed by atoms with Gasteiger partial charge in [0, 0.05) is 19.3 Å². The molecule has 0 aliphatic carbocycles. The highest BCUT2D eigenvalue weighted by atomic mass is 16.5. The maximum absolute atomic E-state index is 12.1. The molecule has 9 heteroatoms. The zero-order valence-electron chi connectivity index (χ0n) is 23.8. The number of esters is 3. The van der Waals surface area contributed by atoms with Gasteiger partial charge in [-0.1, -0.05) is 71.0 Å². The van der Waals surface area contributed by atoms with E-state index in [0.29, 0.717) is 16.7 Å². The first-order chi connectivity index (χ1) is 19.9. The van der Waals surface area contributed by atoms with Crippen LogP contribution in [0.15, 0.2) is 72.8 Å². The summed E-state index contributed by atoms with van der Waals surface area (Å²) in [6.07, 6.45) is 0.567. The molecule has 9 nitrogen and oxygen atoms in total. The summed E-state index contributed by atoms with van der Waals surface area (Å²) in [5.74, 6) is 0.242. The van der Waals surface area contributed by atoms with Crippen molar-refractivity contribution in [2.75, 3.05) is 0 Å². The van der Waals surface area contributed by atoms with Gasteiger partial charge in [0.05, 0.1) is 16.7 Å². The Bertz CT molecular complexity index is 1330. The van der Waals surface area contributed by atoms with Crippen LogP contribution < -0.4 is 14.2 Å². The predicted octanol–water partition coefficient (Wildman–Crippen LogP) is 6.85. The molecule has 0 amide bonds. The van der Waals surface area contributed by atoms with Crippen molar-refractivity contribution < 1.29 is 28.6 Å². The zero-order valence-corrected chi connectivity index (χ0v) is 23.8. The van der Waals surface area contributed by atoms with Crippen LogP contribution in [-0.4, -0.2) is 32.9 Å². The Labute approximate surface area is 239 Å². The van der Waals surface area contributed by atoms with E-state index in [2.05, 4.69) is 15.0 Å². The van der Waals surface area contributed by atoms with Crippen molar-refractivity contribution in [3.8, 4) is 51.4 Å². The lowest BCUT2D eigenvalue weighted by Crippen LogP contribution is -2.09. The Morgan fingerprint density at radius 1 is 0.488 bits per heavy atom. The van der Waals surface area contributed by atoms with Gasteiger partial charge in [0.15, 0.2) is 17.5 Å². The van der Waals surface area contributed by atoms with Crippen LogP contribution in [0.5, 0.6) is 17.2 Å². The van der Waals surface area contributed by atoms with E-state index in [1.807, 2.05) is 13.8 Å². The number of hydrogen-bond acceptors (Lipinski definition) is 9. The molecular weight excluding hydrogens is 522 g/mol. The van der Waals surface area contributed by atoms with Gasteiger partial charge < -0.3 is 14.2 Å². The van der Waals surface area contributed by atoms with Crippen LogP contribution in [0.25, 0.3) is 34.2 Å². The van der Waals surface area contributed by atoms with Gasteiger partial charge in [-0.15, -0.1) is 0 Å². The first-order valence-electron chi connectivity index (χ1n) is 13.6. The average Bonchev–Trinajstić information content (AvgIpc) is 3.02. The molecule has 4 rings (SSSR count). The molecule has 3 aromatic carbocycles. The molecule has 1 aromatic heterocycles. The van der Waals surface area contributed by atoms with Crippen LogP contribution in [0.3, 0.4) is 0 Å². The van der Waals surface area contributed by atoms with Crippen molar-refractivity contribution in [3.63, 3.8) is 0 Å². The number of nitrogens with zero attached hydrogens (tertiary/aromatic N) is 3. The largest absolute Gasteiger partial charge is 0.426 e. The Hall–Kier alpha value is -4.92. The second-order valence-electron chi connectivity index (χ2n) is 8.28. The van der Waals surface area contributed by atoms with Crippen LogP contribution in [0.2, 0.25) is 0 Å². The fourth-order valence-corrected chi connectivity index (χ4v) is 3.54. The fraction of sp³-hybridized carbons (Fsp3) is 0.250. The highest BCUT2D eigenvalue weighted by Gasteiger charge is 2.21. The second kappa shape index (κ2) is 15.0. The maximum Gasteiger partial charge on any atom is 0.310 e. The summed E-state index contributed by atoms with van der Waals surface area (Å²) in [5, 5.41) is 0. The number of aromatic nitrogens is 3. The molecule has 0 N–H and O–H groups in total. The summed E-state index contributed by atoms with van der Waals surface area (Å²) in [4.78, 5) is 50.4. The summed E-state index contributed by atoms with van der Waals surface area (Å²) in [6, 6.07) is 20.7. The maximum atomic E-state index is 12.1. The number of hydrogen-bond donors (Lipinski definition) is 0. The van der Waals surface area contributed by atoms with Crippen molar-refractivity contribution >= 4 is 17.9 Å². The van der Waals surface area contributed by atoms with Crippen LogP contribution >= 0.6 is 0 Å². The first-order valence-corrected chi connectivity index (χ1v) is 13.6. The molecule has 0 aliphatic rings. The highest BCUT2D eigenvalue weighted by Crippen LogP contribution is 2.35. The second-order valence-corrected chi connectivity index (χ2v) is 8.28. The minimum absolute atomic E-state index is 0.189. The number of carbonyl (C=O) groups is 3. The normalized spacial score (nSPS) is 10.2. The molecule has 4 aromatic rings. The third-order valence-electron chi connectivity index (χ3n) is 5.56. The van der Waals surface area contributed by atoms with Gasteiger partial charge in [-0.25, -0.2) is 15.0 Å². The van der Waals surface area contributed by atoms with Crippen LogP contribution in [0.4, 0.5) is 0 Å². The van der Waals surface area contributed by atoms with Crippen molar-refractivity contribution in [3.05, 3.63) is 72.8 Å². The number of carbonyl (C=O) groups excluding carboxylic acids is 3. The molecule has 0 spiro atoms. The van der Waals surface area contributed by atoms with Crippen LogP contribution in [-0.2, 0) is 14.4 Å². The Kier molecular flexibility index (Phi) is 11.2. The lowest BCUT2D eigenvalue weighted by atomic mass is 10.1. The topological polar surface area (TPSA) is 118 Å². The molecule has 0 atom stereocenters. The zero-order chi connectivity index (χ0) is 29.8. The molecule has 41 heavy (non-hydrogen) atoms. The monoisotopic (exact) mass is 555 g/mol. The third kappa shape index (κ3) is 7.82. The van der Waals surface area contributed by atoms with Gasteiger partial charge in [0.1, 0.15) is 17.2 Å². The van der Waals surface area contributed by atoms with Crippen LogP contribution in [0, 0.1) is 0 Å². The molecule has 0 bridgehead atoms. The number of benzene rings is 3. The van der Waals surface area contributed by atoms with Crippen molar-refractivity contribution in [2.45, 2.75) is 53.9 Å². The van der Waals surface area contributed by atoms with E-state index in [0.717, 1.165) is 0 Å². The van der Waals surface area contributed by atoms with E-state index in [-0.39, 0.29) is 54.0 Å². The molecule has 1 heterocycles. The molecule has 212 valence electrons. The number of rotatable bonds is 9. The van der Waals surface area contributed by atoms with Gasteiger partial charge in [0.2, 0.25) is 0 Å². The van der Waals surface area contributed by atoms with Crippen LogP contribution in [0.1, 0.15) is 53.9 Å². The molecule has 0 aliphatic heterocycles. The van der Waals surface area contributed by atoms with Gasteiger partial charge >= 0.3 is 17.9 Å². The SMILES string of the molecule is CC.CCC(=O)Oc1ccccc1-c1nc(-c2ccccc2OC(=O)CC)nc(-c2ccccc2OC(=O)CC)n1. The predicted molar refractivity (Wildman–Crippen MR) is 155 cm³/mol. The fourth-order valence-electron chi connectivity index (χ4n) is 3.54. The van der Waals surface area contributed by atoms with Crippen molar-refractivity contribution in [1.29, 1.82) is 0 Å². The molecule has 0 radical (unpaired) electrons. The Balaban J connectivity index is 0.00000226. The Morgan fingerprint density at radius 3 is 0.976 bits per heavy atom. The molecule has 0 unspecified atom stereocenters. The minimum Gasteiger partial charge on any atom is -0.426 e. The smallest absolute Gasteiger partial charge is 0.310 e. The third-order valence-corrected chi connectivity index (χ3v) is 5.56. The van der Waals surface area contributed by atoms with Crippen molar-refractivity contribution in [1.82, 2.24) is 15.0 Å².